The number of nitrogens with two attached hydrogens (primary N) is 1. The number of aryl methyl sites for hydroxylation is 1. The quantitative estimate of drug-likeness (QED) is 0.531. The molecule has 2 aromatic heterocycles. The normalized spacial score (nSPS) is 13.8. The molecule has 1 saturated carbocycles. The molecule has 1 aliphatic carbocycles. The summed E-state index contributed by atoms with van der Waals surface area (Å²) >= 11 is 1.64. The van der Waals surface area contributed by atoms with Crippen molar-refractivity contribution in [3.05, 3.63) is 52.2 Å². The summed E-state index contributed by atoms with van der Waals surface area (Å²) in [6.07, 6.45) is 4.16. The minimum atomic E-state index is -0.299. The Morgan fingerprint density at radius 2 is 2.21 bits per heavy atom. The second-order valence-electron chi connectivity index (χ2n) is 7.24. The lowest BCUT2D eigenvalue weighted by Crippen LogP contribution is -2.34. The summed E-state index contributed by atoms with van der Waals surface area (Å²) in [6, 6.07) is 7.68. The average molecular weight is 398 g/mol. The minimum Gasteiger partial charge on any atom is -0.393 e. The van der Waals surface area contributed by atoms with Gasteiger partial charge in [0, 0.05) is 22.9 Å². The maximum absolute atomic E-state index is 12.6. The Balaban J connectivity index is 1.41. The topological polar surface area (TPSA) is 106 Å². The number of hydrogen-bond acceptors (Lipinski definition) is 5. The molecule has 1 aliphatic rings. The van der Waals surface area contributed by atoms with Crippen LogP contribution in [-0.4, -0.2) is 26.2 Å². The lowest BCUT2D eigenvalue weighted by Gasteiger charge is -2.14. The van der Waals surface area contributed by atoms with Gasteiger partial charge < -0.3 is 20.6 Å². The van der Waals surface area contributed by atoms with Crippen molar-refractivity contribution in [3.8, 4) is 0 Å². The van der Waals surface area contributed by atoms with Crippen LogP contribution in [0.4, 0.5) is 5.69 Å². The van der Waals surface area contributed by atoms with Gasteiger partial charge in [-0.3, -0.25) is 9.59 Å². The molecule has 0 spiro atoms. The van der Waals surface area contributed by atoms with Gasteiger partial charge in [-0.05, 0) is 49.4 Å². The standard InChI is InChI=1S/C20H23N5O2S/c1-12-6-17(28-10-13-2-3-13)19(21)20(27)25(12)9-18(26)22-8-14-4-5-15-16(7-14)24-11-23-15/h4-7,11,13H,2-3,8-10,21H2,1H3,(H,22,26)(H,23,24). The number of amides is 1. The van der Waals surface area contributed by atoms with E-state index in [1.807, 2.05) is 31.2 Å². The van der Waals surface area contributed by atoms with E-state index in [9.17, 15) is 9.59 Å². The lowest BCUT2D eigenvalue weighted by atomic mass is 10.2. The number of pyridine rings is 1. The smallest absolute Gasteiger partial charge is 0.275 e. The molecule has 3 aromatic rings. The van der Waals surface area contributed by atoms with Gasteiger partial charge in [-0.2, -0.15) is 0 Å². The number of carbonyl (C=O) groups is 1. The number of thioether (sulfide) groups is 1. The van der Waals surface area contributed by atoms with E-state index < -0.39 is 0 Å². The van der Waals surface area contributed by atoms with Crippen molar-refractivity contribution >= 4 is 34.4 Å². The zero-order valence-electron chi connectivity index (χ0n) is 15.7. The summed E-state index contributed by atoms with van der Waals surface area (Å²) in [5.41, 5.74) is 9.48. The van der Waals surface area contributed by atoms with Crippen molar-refractivity contribution < 1.29 is 4.79 Å². The predicted molar refractivity (Wildman–Crippen MR) is 111 cm³/mol. The third kappa shape index (κ3) is 4.06. The van der Waals surface area contributed by atoms with Crippen LogP contribution >= 0.6 is 11.8 Å². The van der Waals surface area contributed by atoms with Gasteiger partial charge in [-0.25, -0.2) is 4.98 Å². The van der Waals surface area contributed by atoms with E-state index in [2.05, 4.69) is 15.3 Å². The highest BCUT2D eigenvalue weighted by molar-refractivity contribution is 7.99. The van der Waals surface area contributed by atoms with E-state index in [4.69, 9.17) is 5.73 Å². The molecule has 28 heavy (non-hydrogen) atoms. The van der Waals surface area contributed by atoms with Crippen molar-refractivity contribution in [2.24, 2.45) is 5.92 Å². The van der Waals surface area contributed by atoms with Crippen LogP contribution in [0.25, 0.3) is 11.0 Å². The van der Waals surface area contributed by atoms with Gasteiger partial charge in [-0.15, -0.1) is 11.8 Å². The first-order valence-corrected chi connectivity index (χ1v) is 10.3. The van der Waals surface area contributed by atoms with Crippen LogP contribution in [0, 0.1) is 12.8 Å². The Morgan fingerprint density at radius 1 is 1.39 bits per heavy atom. The summed E-state index contributed by atoms with van der Waals surface area (Å²) < 4.78 is 1.43. The number of nitrogens with zero attached hydrogens (tertiary/aromatic N) is 2. The zero-order chi connectivity index (χ0) is 19.7. The molecule has 4 rings (SSSR count). The Hall–Kier alpha value is -2.74. The molecular weight excluding hydrogens is 374 g/mol. The van der Waals surface area contributed by atoms with Gasteiger partial charge in [0.25, 0.3) is 5.56 Å². The fourth-order valence-electron chi connectivity index (χ4n) is 3.06. The summed E-state index contributed by atoms with van der Waals surface area (Å²) in [5.74, 6) is 1.51. The van der Waals surface area contributed by atoms with Crippen molar-refractivity contribution in [1.82, 2.24) is 19.9 Å². The molecule has 0 saturated heterocycles. The number of H-pyrrole nitrogens is 1. The number of hydrogen-bond donors (Lipinski definition) is 3. The Labute approximate surface area is 166 Å². The van der Waals surface area contributed by atoms with Crippen LogP contribution in [0.15, 0.2) is 40.3 Å². The molecule has 0 atom stereocenters. The highest BCUT2D eigenvalue weighted by Crippen LogP contribution is 2.36. The summed E-state index contributed by atoms with van der Waals surface area (Å²) in [5, 5.41) is 2.86. The molecule has 0 aliphatic heterocycles. The number of anilines is 1. The number of fused-ring (bicyclic) bond motifs is 1. The maximum Gasteiger partial charge on any atom is 0.275 e. The van der Waals surface area contributed by atoms with Gasteiger partial charge in [0.2, 0.25) is 5.91 Å². The van der Waals surface area contributed by atoms with E-state index >= 15 is 0 Å². The first-order chi connectivity index (χ1) is 13.5. The molecule has 146 valence electrons. The molecular formula is C20H23N5O2S. The monoisotopic (exact) mass is 397 g/mol. The molecule has 1 fully saturated rings. The largest absolute Gasteiger partial charge is 0.393 e. The minimum absolute atomic E-state index is 0.0469. The van der Waals surface area contributed by atoms with Crippen LogP contribution in [0.3, 0.4) is 0 Å². The lowest BCUT2D eigenvalue weighted by molar-refractivity contribution is -0.121. The fourth-order valence-corrected chi connectivity index (χ4v) is 4.30. The molecule has 4 N–H and O–H groups in total. The SMILES string of the molecule is Cc1cc(SCC2CC2)c(N)c(=O)n1CC(=O)NCc1ccc2nc[nH]c2c1. The Kier molecular flexibility index (Phi) is 5.13. The van der Waals surface area contributed by atoms with Gasteiger partial charge in [0.15, 0.2) is 0 Å². The van der Waals surface area contributed by atoms with E-state index in [0.29, 0.717) is 6.54 Å². The molecule has 8 heteroatoms. The molecule has 1 aromatic carbocycles. The van der Waals surface area contributed by atoms with E-state index in [0.717, 1.165) is 38.9 Å². The summed E-state index contributed by atoms with van der Waals surface area (Å²) in [4.78, 5) is 33.1. The van der Waals surface area contributed by atoms with Crippen LogP contribution in [0.2, 0.25) is 0 Å². The molecule has 0 radical (unpaired) electrons. The first kappa shape index (κ1) is 18.6. The third-order valence-electron chi connectivity index (χ3n) is 4.95. The summed E-state index contributed by atoms with van der Waals surface area (Å²) in [6.45, 7) is 2.17. The number of imidazole rings is 1. The fraction of sp³-hybridized carbons (Fsp3) is 0.350. The van der Waals surface area contributed by atoms with Gasteiger partial charge in [-0.1, -0.05) is 6.07 Å². The molecule has 0 bridgehead atoms. The van der Waals surface area contributed by atoms with Gasteiger partial charge >= 0.3 is 0 Å². The number of aromatic nitrogens is 3. The molecule has 7 nitrogen and oxygen atoms in total. The highest BCUT2D eigenvalue weighted by atomic mass is 32.2. The van der Waals surface area contributed by atoms with Gasteiger partial charge in [0.05, 0.1) is 17.4 Å². The Bertz CT molecular complexity index is 1080. The van der Waals surface area contributed by atoms with Crippen molar-refractivity contribution in [2.75, 3.05) is 11.5 Å². The highest BCUT2D eigenvalue weighted by Gasteiger charge is 2.22. The number of carbonyl (C=O) groups excluding carboxylic acids is 1. The number of nitrogens with one attached hydrogen (secondary N) is 2. The number of rotatable bonds is 7. The molecule has 1 amide bonds. The first-order valence-electron chi connectivity index (χ1n) is 9.32. The average Bonchev–Trinajstić information content (AvgIpc) is 3.40. The number of aromatic amines is 1. The zero-order valence-corrected chi connectivity index (χ0v) is 16.5. The van der Waals surface area contributed by atoms with Gasteiger partial charge in [0.1, 0.15) is 12.2 Å². The second-order valence-corrected chi connectivity index (χ2v) is 8.30. The van der Waals surface area contributed by atoms with Crippen LogP contribution < -0.4 is 16.6 Å². The van der Waals surface area contributed by atoms with E-state index in [1.54, 1.807) is 18.1 Å². The summed E-state index contributed by atoms with van der Waals surface area (Å²) in [7, 11) is 0. The van der Waals surface area contributed by atoms with Crippen molar-refractivity contribution in [2.45, 2.75) is 37.8 Å². The van der Waals surface area contributed by atoms with Crippen LogP contribution in [0.5, 0.6) is 0 Å². The van der Waals surface area contributed by atoms with Crippen molar-refractivity contribution in [1.29, 1.82) is 0 Å². The Morgan fingerprint density at radius 3 is 3.00 bits per heavy atom. The molecule has 0 unspecified atom stereocenters. The van der Waals surface area contributed by atoms with Crippen LogP contribution in [-0.2, 0) is 17.9 Å². The number of nitrogen functional groups attached to an aromatic ring is 1. The van der Waals surface area contributed by atoms with E-state index in [-0.39, 0.29) is 23.7 Å². The maximum atomic E-state index is 12.6. The third-order valence-corrected chi connectivity index (χ3v) is 6.24. The molecule has 2 heterocycles. The second kappa shape index (κ2) is 7.71. The van der Waals surface area contributed by atoms with Crippen LogP contribution in [0.1, 0.15) is 24.1 Å². The number of benzene rings is 1. The van der Waals surface area contributed by atoms with E-state index in [1.165, 1.54) is 17.4 Å². The van der Waals surface area contributed by atoms with Crippen molar-refractivity contribution in [3.63, 3.8) is 0 Å². The predicted octanol–water partition coefficient (Wildman–Crippen LogP) is 2.43.